The van der Waals surface area contributed by atoms with Crippen molar-refractivity contribution in [1.29, 1.82) is 0 Å². The van der Waals surface area contributed by atoms with Gasteiger partial charge in [-0.15, -0.1) is 5.54 Å². The maximum absolute atomic E-state index is 14.1. The van der Waals surface area contributed by atoms with Gasteiger partial charge in [-0.1, -0.05) is 32.9 Å². The largest absolute Gasteiger partial charge is 0.508 e. The van der Waals surface area contributed by atoms with Crippen LogP contribution in [-0.2, 0) is 0 Å². The van der Waals surface area contributed by atoms with Gasteiger partial charge in [-0.3, -0.25) is 0 Å². The van der Waals surface area contributed by atoms with Crippen molar-refractivity contribution < 1.29 is 19.0 Å². The third kappa shape index (κ3) is 4.29. The van der Waals surface area contributed by atoms with Crippen LogP contribution in [0.15, 0.2) is 24.3 Å². The van der Waals surface area contributed by atoms with Gasteiger partial charge in [-0.25, -0.2) is 0 Å². The van der Waals surface area contributed by atoms with Crippen molar-refractivity contribution in [2.45, 2.75) is 50.9 Å². The highest BCUT2D eigenvalue weighted by atomic mass is 28.3. The standard InChI is InChI=1S/C16H22F2O2Si/c1-4-21(5-2,6-3)12-11-16(17,18)15(20)13-7-9-14(19)10-8-13/h7-10,15,19-20H,4-6H2,1-3H3. The predicted octanol–water partition coefficient (Wildman–Crippen LogP) is 4.11. The fourth-order valence-electron chi connectivity index (χ4n) is 2.17. The lowest BCUT2D eigenvalue weighted by Crippen LogP contribution is -2.32. The van der Waals surface area contributed by atoms with Crippen LogP contribution in [0.4, 0.5) is 8.78 Å². The number of phenolic OH excluding ortho intramolecular Hbond substituents is 1. The maximum atomic E-state index is 14.1. The Balaban J connectivity index is 3.03. The van der Waals surface area contributed by atoms with Crippen molar-refractivity contribution in [1.82, 2.24) is 0 Å². The molecule has 0 aromatic heterocycles. The van der Waals surface area contributed by atoms with E-state index in [0.29, 0.717) is 0 Å². The zero-order valence-electron chi connectivity index (χ0n) is 12.7. The number of phenols is 1. The second-order valence-corrected chi connectivity index (χ2v) is 10.1. The molecule has 0 radical (unpaired) electrons. The van der Waals surface area contributed by atoms with Gasteiger partial charge < -0.3 is 10.2 Å². The zero-order valence-corrected chi connectivity index (χ0v) is 13.7. The van der Waals surface area contributed by atoms with Gasteiger partial charge in [0.05, 0.1) is 0 Å². The van der Waals surface area contributed by atoms with Crippen molar-refractivity contribution in [2.24, 2.45) is 0 Å². The van der Waals surface area contributed by atoms with Crippen molar-refractivity contribution in [3.05, 3.63) is 29.8 Å². The van der Waals surface area contributed by atoms with Crippen LogP contribution in [0, 0.1) is 11.5 Å². The molecule has 0 saturated heterocycles. The number of aliphatic hydroxyl groups excluding tert-OH is 1. The fraction of sp³-hybridized carbons (Fsp3) is 0.500. The second-order valence-electron chi connectivity index (χ2n) is 5.21. The fourth-order valence-corrected chi connectivity index (χ4v) is 4.63. The summed E-state index contributed by atoms with van der Waals surface area (Å²) in [6, 6.07) is 7.59. The van der Waals surface area contributed by atoms with Crippen LogP contribution in [-0.4, -0.2) is 24.2 Å². The van der Waals surface area contributed by atoms with E-state index in [0.717, 1.165) is 18.1 Å². The topological polar surface area (TPSA) is 40.5 Å². The summed E-state index contributed by atoms with van der Waals surface area (Å²) >= 11 is 0. The molecule has 1 aromatic rings. The number of alkyl halides is 2. The van der Waals surface area contributed by atoms with E-state index in [2.05, 4.69) is 5.54 Å². The summed E-state index contributed by atoms with van der Waals surface area (Å²) in [5.74, 6) is -1.49. The molecule has 5 heteroatoms. The SMILES string of the molecule is CC[Si](C#CC(F)(F)C(O)c1ccc(O)cc1)(CC)CC. The van der Waals surface area contributed by atoms with E-state index in [4.69, 9.17) is 5.11 Å². The van der Waals surface area contributed by atoms with Gasteiger partial charge >= 0.3 is 5.92 Å². The normalized spacial score (nSPS) is 13.4. The molecule has 0 bridgehead atoms. The van der Waals surface area contributed by atoms with Crippen LogP contribution < -0.4 is 0 Å². The quantitative estimate of drug-likeness (QED) is 0.634. The first-order valence-electron chi connectivity index (χ1n) is 7.19. The molecular weight excluding hydrogens is 290 g/mol. The molecular formula is C16H22F2O2Si. The molecule has 1 unspecified atom stereocenters. The first kappa shape index (κ1) is 17.7. The summed E-state index contributed by atoms with van der Waals surface area (Å²) in [6.07, 6.45) is -1.98. The minimum absolute atomic E-state index is 0.0327. The van der Waals surface area contributed by atoms with Crippen LogP contribution in [0.1, 0.15) is 32.4 Å². The third-order valence-corrected chi connectivity index (χ3v) is 8.79. The molecule has 2 N–H and O–H groups in total. The highest BCUT2D eigenvalue weighted by molar-refractivity contribution is 6.87. The number of aliphatic hydroxyl groups is 1. The molecule has 0 aliphatic rings. The number of rotatable bonds is 5. The van der Waals surface area contributed by atoms with Crippen LogP contribution >= 0.6 is 0 Å². The van der Waals surface area contributed by atoms with E-state index >= 15 is 0 Å². The van der Waals surface area contributed by atoms with Crippen molar-refractivity contribution in [2.75, 3.05) is 0 Å². The van der Waals surface area contributed by atoms with E-state index in [-0.39, 0.29) is 11.3 Å². The lowest BCUT2D eigenvalue weighted by Gasteiger charge is -2.22. The smallest absolute Gasteiger partial charge is 0.336 e. The van der Waals surface area contributed by atoms with E-state index in [1.165, 1.54) is 24.3 Å². The molecule has 116 valence electrons. The zero-order chi connectivity index (χ0) is 16.1. The van der Waals surface area contributed by atoms with Crippen LogP contribution in [0.25, 0.3) is 0 Å². The summed E-state index contributed by atoms with van der Waals surface area (Å²) in [7, 11) is -1.98. The van der Waals surface area contributed by atoms with Gasteiger partial charge in [0.15, 0.2) is 6.10 Å². The van der Waals surface area contributed by atoms with Crippen LogP contribution in [0.5, 0.6) is 5.75 Å². The van der Waals surface area contributed by atoms with Crippen LogP contribution in [0.3, 0.4) is 0 Å². The summed E-state index contributed by atoms with van der Waals surface area (Å²) in [5, 5.41) is 19.0. The van der Waals surface area contributed by atoms with Crippen molar-refractivity contribution in [3.63, 3.8) is 0 Å². The molecule has 2 nitrogen and oxygen atoms in total. The molecule has 0 heterocycles. The summed E-state index contributed by atoms with van der Waals surface area (Å²) < 4.78 is 28.2. The van der Waals surface area contributed by atoms with Crippen LogP contribution in [0.2, 0.25) is 18.1 Å². The number of hydrogen-bond donors (Lipinski definition) is 2. The summed E-state index contributed by atoms with van der Waals surface area (Å²) in [4.78, 5) is 0. The highest BCUT2D eigenvalue weighted by Gasteiger charge is 2.38. The molecule has 0 amide bonds. The molecule has 21 heavy (non-hydrogen) atoms. The monoisotopic (exact) mass is 312 g/mol. The van der Waals surface area contributed by atoms with Gasteiger partial charge in [0.25, 0.3) is 0 Å². The van der Waals surface area contributed by atoms with E-state index < -0.39 is 20.1 Å². The predicted molar refractivity (Wildman–Crippen MR) is 83.0 cm³/mol. The van der Waals surface area contributed by atoms with Gasteiger partial charge in [-0.05, 0) is 41.7 Å². The lowest BCUT2D eigenvalue weighted by atomic mass is 10.0. The van der Waals surface area contributed by atoms with Gasteiger partial charge in [0.2, 0.25) is 0 Å². The molecule has 1 aromatic carbocycles. The Bertz CT molecular complexity index is 505. The van der Waals surface area contributed by atoms with Gasteiger partial charge in [-0.2, -0.15) is 8.78 Å². The first-order valence-corrected chi connectivity index (χ1v) is 9.81. The molecule has 0 aliphatic heterocycles. The molecule has 0 spiro atoms. The summed E-state index contributed by atoms with van der Waals surface area (Å²) in [6.45, 7) is 5.97. The Hall–Kier alpha value is -1.38. The third-order valence-electron chi connectivity index (χ3n) is 4.08. The highest BCUT2D eigenvalue weighted by Crippen LogP contribution is 2.32. The molecule has 0 fully saturated rings. The number of hydrogen-bond acceptors (Lipinski definition) is 2. The van der Waals surface area contributed by atoms with E-state index in [1.54, 1.807) is 0 Å². The van der Waals surface area contributed by atoms with Crippen molar-refractivity contribution >= 4 is 8.07 Å². The Morgan fingerprint density at radius 2 is 1.57 bits per heavy atom. The lowest BCUT2D eigenvalue weighted by molar-refractivity contribution is -0.0635. The minimum Gasteiger partial charge on any atom is -0.508 e. The summed E-state index contributed by atoms with van der Waals surface area (Å²) in [5.41, 5.74) is 2.86. The minimum atomic E-state index is -3.49. The molecule has 1 rings (SSSR count). The van der Waals surface area contributed by atoms with E-state index in [9.17, 15) is 13.9 Å². The average Bonchev–Trinajstić information content (AvgIpc) is 2.49. The molecule has 1 atom stereocenters. The number of aromatic hydroxyl groups is 1. The maximum Gasteiger partial charge on any atom is 0.336 e. The van der Waals surface area contributed by atoms with E-state index in [1.807, 2.05) is 26.7 Å². The second kappa shape index (κ2) is 7.06. The molecule has 0 saturated carbocycles. The van der Waals surface area contributed by atoms with Gasteiger partial charge in [0.1, 0.15) is 13.8 Å². The molecule has 0 aliphatic carbocycles. The average molecular weight is 312 g/mol. The Morgan fingerprint density at radius 3 is 2.00 bits per heavy atom. The number of halogens is 2. The van der Waals surface area contributed by atoms with Crippen molar-refractivity contribution in [3.8, 4) is 17.2 Å². The first-order chi connectivity index (χ1) is 9.80. The van der Waals surface area contributed by atoms with Gasteiger partial charge in [0, 0.05) is 0 Å². The Kier molecular flexibility index (Phi) is 5.94. The Labute approximate surface area is 125 Å². The Morgan fingerprint density at radius 1 is 1.10 bits per heavy atom. The number of benzene rings is 1.